The summed E-state index contributed by atoms with van der Waals surface area (Å²) in [6.45, 7) is 3.25. The van der Waals surface area contributed by atoms with Gasteiger partial charge in [-0.3, -0.25) is 14.5 Å². The quantitative estimate of drug-likeness (QED) is 0.654. The second-order valence-electron chi connectivity index (χ2n) is 6.04. The molecule has 3 aromatic heterocycles. The first-order valence-electron chi connectivity index (χ1n) is 8.31. The molecule has 0 aromatic carbocycles. The number of nitrogens with zero attached hydrogens (tertiary/aromatic N) is 4. The van der Waals surface area contributed by atoms with Gasteiger partial charge >= 0.3 is 0 Å². The van der Waals surface area contributed by atoms with Crippen LogP contribution in [0.3, 0.4) is 0 Å². The lowest BCUT2D eigenvalue weighted by molar-refractivity contribution is -0.132. The van der Waals surface area contributed by atoms with Crippen LogP contribution in [0.2, 0.25) is 0 Å². The van der Waals surface area contributed by atoms with Crippen LogP contribution in [-0.2, 0) is 31.4 Å². The van der Waals surface area contributed by atoms with E-state index in [1.54, 1.807) is 23.7 Å². The van der Waals surface area contributed by atoms with Crippen molar-refractivity contribution in [3.8, 4) is 0 Å². The highest BCUT2D eigenvalue weighted by molar-refractivity contribution is 7.10. The number of amides is 1. The van der Waals surface area contributed by atoms with E-state index < -0.39 is 0 Å². The molecule has 0 aliphatic rings. The SMILES string of the molecule is Cc1ccsc1CN(Cc1ccccn1)C(=O)CCc1ccnn1C. The number of hydrogen-bond donors (Lipinski definition) is 0. The van der Waals surface area contributed by atoms with Gasteiger partial charge in [-0.1, -0.05) is 6.07 Å². The van der Waals surface area contributed by atoms with Crippen molar-refractivity contribution < 1.29 is 4.79 Å². The molecular weight excluding hydrogens is 332 g/mol. The van der Waals surface area contributed by atoms with E-state index in [4.69, 9.17) is 0 Å². The number of aryl methyl sites for hydroxylation is 3. The molecule has 0 unspecified atom stereocenters. The number of thiophene rings is 1. The lowest BCUT2D eigenvalue weighted by Crippen LogP contribution is -2.30. The molecule has 25 heavy (non-hydrogen) atoms. The van der Waals surface area contributed by atoms with E-state index in [0.29, 0.717) is 25.9 Å². The van der Waals surface area contributed by atoms with Gasteiger partial charge in [-0.05, 0) is 48.6 Å². The summed E-state index contributed by atoms with van der Waals surface area (Å²) < 4.78 is 1.82. The molecule has 0 bridgehead atoms. The third-order valence-corrected chi connectivity index (χ3v) is 5.26. The summed E-state index contributed by atoms with van der Waals surface area (Å²) in [7, 11) is 1.90. The minimum atomic E-state index is 0.139. The van der Waals surface area contributed by atoms with Crippen molar-refractivity contribution in [2.45, 2.75) is 32.9 Å². The van der Waals surface area contributed by atoms with Gasteiger partial charge in [0.05, 0.1) is 18.8 Å². The number of carbonyl (C=O) groups is 1. The Morgan fingerprint density at radius 3 is 2.72 bits per heavy atom. The van der Waals surface area contributed by atoms with Gasteiger partial charge in [-0.2, -0.15) is 5.10 Å². The maximum Gasteiger partial charge on any atom is 0.223 e. The van der Waals surface area contributed by atoms with Crippen molar-refractivity contribution in [1.82, 2.24) is 19.7 Å². The highest BCUT2D eigenvalue weighted by atomic mass is 32.1. The minimum Gasteiger partial charge on any atom is -0.332 e. The van der Waals surface area contributed by atoms with Crippen molar-refractivity contribution in [3.63, 3.8) is 0 Å². The molecule has 6 heteroatoms. The monoisotopic (exact) mass is 354 g/mol. The van der Waals surface area contributed by atoms with E-state index in [-0.39, 0.29) is 5.91 Å². The summed E-state index contributed by atoms with van der Waals surface area (Å²) in [6, 6.07) is 9.86. The van der Waals surface area contributed by atoms with Crippen LogP contribution in [-0.4, -0.2) is 25.6 Å². The second kappa shape index (κ2) is 8.07. The Morgan fingerprint density at radius 1 is 1.20 bits per heavy atom. The van der Waals surface area contributed by atoms with Gasteiger partial charge in [0.15, 0.2) is 0 Å². The molecule has 1 amide bonds. The fourth-order valence-electron chi connectivity index (χ4n) is 2.70. The Kier molecular flexibility index (Phi) is 5.60. The summed E-state index contributed by atoms with van der Waals surface area (Å²) in [6.07, 6.45) is 4.69. The standard InChI is InChI=1S/C19H22N4OS/c1-15-9-12-25-18(15)14-23(13-16-5-3-4-10-20-16)19(24)7-6-17-8-11-21-22(17)2/h3-5,8-12H,6-7,13-14H2,1-2H3. The Bertz CT molecular complexity index is 825. The molecule has 3 heterocycles. The summed E-state index contributed by atoms with van der Waals surface area (Å²) in [5.74, 6) is 0.139. The average Bonchev–Trinajstić information content (AvgIpc) is 3.21. The Balaban J connectivity index is 1.71. The molecule has 3 rings (SSSR count). The molecule has 0 fully saturated rings. The smallest absolute Gasteiger partial charge is 0.223 e. The van der Waals surface area contributed by atoms with Crippen LogP contribution in [0, 0.1) is 6.92 Å². The zero-order valence-electron chi connectivity index (χ0n) is 14.6. The van der Waals surface area contributed by atoms with Crippen molar-refractivity contribution in [2.75, 3.05) is 0 Å². The molecule has 3 aromatic rings. The summed E-state index contributed by atoms with van der Waals surface area (Å²) in [4.78, 5) is 20.4. The topological polar surface area (TPSA) is 51.0 Å². The van der Waals surface area contributed by atoms with Gasteiger partial charge in [-0.25, -0.2) is 0 Å². The van der Waals surface area contributed by atoms with Crippen molar-refractivity contribution in [2.24, 2.45) is 7.05 Å². The first-order valence-corrected chi connectivity index (χ1v) is 9.19. The van der Waals surface area contributed by atoms with Gasteiger partial charge < -0.3 is 4.90 Å². The molecule has 130 valence electrons. The zero-order chi connectivity index (χ0) is 17.6. The average molecular weight is 354 g/mol. The molecule has 0 saturated carbocycles. The van der Waals surface area contributed by atoms with E-state index >= 15 is 0 Å². The van der Waals surface area contributed by atoms with Crippen molar-refractivity contribution >= 4 is 17.2 Å². The Labute approximate surface area is 151 Å². The number of aromatic nitrogens is 3. The van der Waals surface area contributed by atoms with Crippen molar-refractivity contribution in [1.29, 1.82) is 0 Å². The lowest BCUT2D eigenvalue weighted by atomic mass is 10.2. The minimum absolute atomic E-state index is 0.139. The summed E-state index contributed by atoms with van der Waals surface area (Å²) in [5.41, 5.74) is 3.21. The highest BCUT2D eigenvalue weighted by Gasteiger charge is 2.17. The Hall–Kier alpha value is -2.47. The molecule has 0 spiro atoms. The van der Waals surface area contributed by atoms with E-state index in [1.165, 1.54) is 10.4 Å². The molecule has 0 aliphatic carbocycles. The van der Waals surface area contributed by atoms with E-state index in [1.807, 2.05) is 40.9 Å². The van der Waals surface area contributed by atoms with Crippen LogP contribution < -0.4 is 0 Å². The van der Waals surface area contributed by atoms with Crippen LogP contribution in [0.4, 0.5) is 0 Å². The van der Waals surface area contributed by atoms with Crippen LogP contribution >= 0.6 is 11.3 Å². The number of rotatable bonds is 7. The Morgan fingerprint density at radius 2 is 2.08 bits per heavy atom. The van der Waals surface area contributed by atoms with Gasteiger partial charge in [0.25, 0.3) is 0 Å². The molecule has 0 atom stereocenters. The van der Waals surface area contributed by atoms with E-state index in [2.05, 4.69) is 28.5 Å². The predicted molar refractivity (Wildman–Crippen MR) is 99.1 cm³/mol. The highest BCUT2D eigenvalue weighted by Crippen LogP contribution is 2.20. The third kappa shape index (κ3) is 4.54. The maximum absolute atomic E-state index is 12.9. The van der Waals surface area contributed by atoms with Crippen molar-refractivity contribution in [3.05, 3.63) is 69.9 Å². The molecule has 5 nitrogen and oxygen atoms in total. The first kappa shape index (κ1) is 17.4. The van der Waals surface area contributed by atoms with Gasteiger partial charge in [-0.15, -0.1) is 11.3 Å². The molecule has 0 radical (unpaired) electrons. The lowest BCUT2D eigenvalue weighted by Gasteiger charge is -2.22. The van der Waals surface area contributed by atoms with Crippen LogP contribution in [0.5, 0.6) is 0 Å². The van der Waals surface area contributed by atoms with E-state index in [0.717, 1.165) is 11.4 Å². The summed E-state index contributed by atoms with van der Waals surface area (Å²) in [5, 5.41) is 6.24. The number of pyridine rings is 1. The maximum atomic E-state index is 12.9. The van der Waals surface area contributed by atoms with Crippen LogP contribution in [0.25, 0.3) is 0 Å². The van der Waals surface area contributed by atoms with Crippen LogP contribution in [0.15, 0.2) is 48.1 Å². The summed E-state index contributed by atoms with van der Waals surface area (Å²) >= 11 is 1.70. The third-order valence-electron chi connectivity index (χ3n) is 4.25. The number of hydrogen-bond acceptors (Lipinski definition) is 4. The first-order chi connectivity index (χ1) is 12.1. The van der Waals surface area contributed by atoms with Gasteiger partial charge in [0.2, 0.25) is 5.91 Å². The number of carbonyl (C=O) groups excluding carboxylic acids is 1. The second-order valence-corrected chi connectivity index (χ2v) is 7.04. The van der Waals surface area contributed by atoms with Gasteiger partial charge in [0, 0.05) is 36.4 Å². The molecule has 0 saturated heterocycles. The fourth-order valence-corrected chi connectivity index (χ4v) is 3.62. The largest absolute Gasteiger partial charge is 0.332 e. The fraction of sp³-hybridized carbons (Fsp3) is 0.316. The zero-order valence-corrected chi connectivity index (χ0v) is 15.4. The molecule has 0 N–H and O–H groups in total. The van der Waals surface area contributed by atoms with Crippen LogP contribution in [0.1, 0.15) is 28.2 Å². The molecule has 0 aliphatic heterocycles. The van der Waals surface area contributed by atoms with E-state index in [9.17, 15) is 4.79 Å². The van der Waals surface area contributed by atoms with Gasteiger partial charge in [0.1, 0.15) is 0 Å². The molecular formula is C19H22N4OS. The predicted octanol–water partition coefficient (Wildman–Crippen LogP) is 3.35. The normalized spacial score (nSPS) is 10.8.